The minimum atomic E-state index is -0.342. The molecule has 36 heavy (non-hydrogen) atoms. The molecule has 2 bridgehead atoms. The molecule has 6 rings (SSSR count). The standard InChI is InChI=1S/C32H40N2O2/c1-32(2,36-4)27-15-16-28(35-3)26(21-27)22-33-30-25-17-19-34(20-18-25)31(30)29(23-11-7-5-8-12-23)24-13-9-6-10-14-24/h5-16,21,25,29-31,33H,17-20,22H2,1-4H3. The van der Waals surface area contributed by atoms with Crippen molar-refractivity contribution in [3.63, 3.8) is 0 Å². The van der Waals surface area contributed by atoms with Gasteiger partial charge in [0.2, 0.25) is 0 Å². The SMILES string of the molecule is COc1ccc(C(C)(C)OC)cc1CNC1C2CCN(CC2)C1C(c1ccccc1)c1ccccc1. The zero-order valence-electron chi connectivity index (χ0n) is 22.1. The van der Waals surface area contributed by atoms with E-state index >= 15 is 0 Å². The Hall–Kier alpha value is -2.66. The van der Waals surface area contributed by atoms with E-state index in [1.54, 1.807) is 14.2 Å². The summed E-state index contributed by atoms with van der Waals surface area (Å²) >= 11 is 0. The molecule has 3 saturated heterocycles. The number of ether oxygens (including phenoxy) is 2. The molecule has 3 aliphatic heterocycles. The van der Waals surface area contributed by atoms with Crippen LogP contribution in [0.4, 0.5) is 0 Å². The molecule has 4 heteroatoms. The van der Waals surface area contributed by atoms with E-state index < -0.39 is 0 Å². The van der Waals surface area contributed by atoms with Gasteiger partial charge in [0, 0.05) is 37.2 Å². The summed E-state index contributed by atoms with van der Waals surface area (Å²) < 4.78 is 11.5. The van der Waals surface area contributed by atoms with Crippen LogP contribution in [0, 0.1) is 5.92 Å². The average Bonchev–Trinajstić information content (AvgIpc) is 2.94. The van der Waals surface area contributed by atoms with E-state index in [0.29, 0.717) is 23.9 Å². The first kappa shape index (κ1) is 25.0. The van der Waals surface area contributed by atoms with Crippen LogP contribution in [0.5, 0.6) is 5.75 Å². The maximum atomic E-state index is 5.77. The first-order valence-corrected chi connectivity index (χ1v) is 13.3. The lowest BCUT2D eigenvalue weighted by atomic mass is 9.70. The highest BCUT2D eigenvalue weighted by Crippen LogP contribution is 2.42. The Morgan fingerprint density at radius 1 is 0.889 bits per heavy atom. The van der Waals surface area contributed by atoms with Crippen molar-refractivity contribution in [3.05, 3.63) is 101 Å². The van der Waals surface area contributed by atoms with E-state index in [4.69, 9.17) is 9.47 Å². The molecule has 3 heterocycles. The number of fused-ring (bicyclic) bond motifs is 3. The smallest absolute Gasteiger partial charge is 0.123 e. The fourth-order valence-corrected chi connectivity index (χ4v) is 6.33. The molecule has 0 aliphatic carbocycles. The summed E-state index contributed by atoms with van der Waals surface area (Å²) in [6.07, 6.45) is 2.52. The fourth-order valence-electron chi connectivity index (χ4n) is 6.33. The molecule has 3 aromatic carbocycles. The molecule has 3 aliphatic rings. The number of nitrogens with one attached hydrogen (secondary N) is 1. The molecule has 3 aromatic rings. The Morgan fingerprint density at radius 2 is 1.50 bits per heavy atom. The van der Waals surface area contributed by atoms with E-state index in [1.807, 2.05) is 0 Å². The molecule has 3 fully saturated rings. The zero-order valence-corrected chi connectivity index (χ0v) is 22.1. The van der Waals surface area contributed by atoms with Gasteiger partial charge in [-0.05, 0) is 74.5 Å². The molecular formula is C32H40N2O2. The minimum absolute atomic E-state index is 0.327. The van der Waals surface area contributed by atoms with Crippen molar-refractivity contribution in [2.75, 3.05) is 27.3 Å². The Bertz CT molecular complexity index is 1080. The van der Waals surface area contributed by atoms with Crippen LogP contribution in [0.1, 0.15) is 54.9 Å². The normalized spacial score (nSPS) is 23.7. The predicted molar refractivity (Wildman–Crippen MR) is 146 cm³/mol. The van der Waals surface area contributed by atoms with Gasteiger partial charge in [-0.2, -0.15) is 0 Å². The molecule has 0 saturated carbocycles. The van der Waals surface area contributed by atoms with E-state index in [-0.39, 0.29) is 5.60 Å². The van der Waals surface area contributed by atoms with Crippen molar-refractivity contribution in [2.45, 2.75) is 56.8 Å². The van der Waals surface area contributed by atoms with Gasteiger partial charge in [-0.1, -0.05) is 66.7 Å². The molecule has 0 spiro atoms. The Labute approximate surface area is 216 Å². The van der Waals surface area contributed by atoms with Crippen LogP contribution < -0.4 is 10.1 Å². The summed E-state index contributed by atoms with van der Waals surface area (Å²) in [4.78, 5) is 2.74. The van der Waals surface area contributed by atoms with Crippen LogP contribution in [0.2, 0.25) is 0 Å². The maximum Gasteiger partial charge on any atom is 0.123 e. The highest BCUT2D eigenvalue weighted by atomic mass is 16.5. The van der Waals surface area contributed by atoms with E-state index in [1.165, 1.54) is 48.2 Å². The molecule has 2 atom stereocenters. The van der Waals surface area contributed by atoms with Gasteiger partial charge in [0.25, 0.3) is 0 Å². The predicted octanol–water partition coefficient (Wildman–Crippen LogP) is 5.96. The van der Waals surface area contributed by atoms with Gasteiger partial charge in [0.1, 0.15) is 5.75 Å². The second-order valence-electron chi connectivity index (χ2n) is 10.8. The summed E-state index contributed by atoms with van der Waals surface area (Å²) in [6.45, 7) is 7.37. The number of rotatable bonds is 9. The van der Waals surface area contributed by atoms with Crippen molar-refractivity contribution in [1.29, 1.82) is 0 Å². The summed E-state index contributed by atoms with van der Waals surface area (Å²) in [5.74, 6) is 1.94. The number of hydrogen-bond acceptors (Lipinski definition) is 4. The lowest BCUT2D eigenvalue weighted by molar-refractivity contribution is 0.00453. The van der Waals surface area contributed by atoms with Crippen molar-refractivity contribution < 1.29 is 9.47 Å². The van der Waals surface area contributed by atoms with Crippen molar-refractivity contribution >= 4 is 0 Å². The minimum Gasteiger partial charge on any atom is -0.496 e. The van der Waals surface area contributed by atoms with Gasteiger partial charge < -0.3 is 14.8 Å². The van der Waals surface area contributed by atoms with Gasteiger partial charge in [0.15, 0.2) is 0 Å². The summed E-state index contributed by atoms with van der Waals surface area (Å²) in [7, 11) is 3.53. The topological polar surface area (TPSA) is 33.7 Å². The van der Waals surface area contributed by atoms with Gasteiger partial charge in [-0.25, -0.2) is 0 Å². The van der Waals surface area contributed by atoms with E-state index in [9.17, 15) is 0 Å². The molecule has 4 nitrogen and oxygen atoms in total. The lowest BCUT2D eigenvalue weighted by Crippen LogP contribution is -2.64. The average molecular weight is 485 g/mol. The maximum absolute atomic E-state index is 5.77. The highest BCUT2D eigenvalue weighted by Gasteiger charge is 2.46. The first-order valence-electron chi connectivity index (χ1n) is 13.3. The Kier molecular flexibility index (Phi) is 7.47. The fraction of sp³-hybridized carbons (Fsp3) is 0.438. The second kappa shape index (κ2) is 10.8. The summed E-state index contributed by atoms with van der Waals surface area (Å²) in [5.41, 5.74) is 4.81. The van der Waals surface area contributed by atoms with Gasteiger partial charge >= 0.3 is 0 Å². The number of methoxy groups -OCH3 is 2. The number of piperidine rings is 3. The van der Waals surface area contributed by atoms with Crippen LogP contribution in [0.15, 0.2) is 78.9 Å². The highest BCUT2D eigenvalue weighted by molar-refractivity contribution is 5.40. The van der Waals surface area contributed by atoms with Gasteiger partial charge in [-0.3, -0.25) is 4.90 Å². The van der Waals surface area contributed by atoms with Crippen LogP contribution in [0.3, 0.4) is 0 Å². The molecular weight excluding hydrogens is 444 g/mol. The quantitative estimate of drug-likeness (QED) is 0.406. The van der Waals surface area contributed by atoms with Crippen LogP contribution in [0.25, 0.3) is 0 Å². The molecule has 1 N–H and O–H groups in total. The van der Waals surface area contributed by atoms with E-state index in [0.717, 1.165) is 12.3 Å². The second-order valence-corrected chi connectivity index (χ2v) is 10.8. The third-order valence-corrected chi connectivity index (χ3v) is 8.54. The molecule has 2 unspecified atom stereocenters. The van der Waals surface area contributed by atoms with Crippen molar-refractivity contribution in [2.24, 2.45) is 5.92 Å². The van der Waals surface area contributed by atoms with Gasteiger partial charge in [-0.15, -0.1) is 0 Å². The molecule has 0 aromatic heterocycles. The van der Waals surface area contributed by atoms with Gasteiger partial charge in [0.05, 0.1) is 12.7 Å². The lowest BCUT2D eigenvalue weighted by Gasteiger charge is -2.54. The Morgan fingerprint density at radius 3 is 2.06 bits per heavy atom. The number of hydrogen-bond donors (Lipinski definition) is 1. The zero-order chi connectivity index (χ0) is 25.1. The van der Waals surface area contributed by atoms with Crippen LogP contribution in [-0.2, 0) is 16.9 Å². The summed E-state index contributed by atoms with van der Waals surface area (Å²) in [5, 5.41) is 4.05. The third kappa shape index (κ3) is 4.95. The van der Waals surface area contributed by atoms with Crippen molar-refractivity contribution in [3.8, 4) is 5.75 Å². The third-order valence-electron chi connectivity index (χ3n) is 8.54. The largest absolute Gasteiger partial charge is 0.496 e. The van der Waals surface area contributed by atoms with Crippen molar-refractivity contribution in [1.82, 2.24) is 10.2 Å². The summed E-state index contributed by atoms with van der Waals surface area (Å²) in [6, 6.07) is 29.4. The monoisotopic (exact) mass is 484 g/mol. The molecule has 0 radical (unpaired) electrons. The Balaban J connectivity index is 1.48. The first-order chi connectivity index (χ1) is 17.5. The van der Waals surface area contributed by atoms with Crippen LogP contribution >= 0.6 is 0 Å². The van der Waals surface area contributed by atoms with Crippen LogP contribution in [-0.4, -0.2) is 44.3 Å². The molecule has 190 valence electrons. The number of benzene rings is 3. The number of nitrogens with zero attached hydrogens (tertiary/aromatic N) is 1. The van der Waals surface area contributed by atoms with E-state index in [2.05, 4.69) is 103 Å². The molecule has 0 amide bonds.